The molecule has 5 heteroatoms. The number of hydrogen-bond donors (Lipinski definition) is 1. The molecule has 4 nitrogen and oxygen atoms in total. The molecule has 1 rings (SSSR count). The maximum absolute atomic E-state index is 5.11. The minimum atomic E-state index is -0.0435. The van der Waals surface area contributed by atoms with Crippen LogP contribution >= 0.6 is 11.8 Å². The van der Waals surface area contributed by atoms with E-state index >= 15 is 0 Å². The molecule has 1 aromatic rings. The van der Waals surface area contributed by atoms with Gasteiger partial charge in [-0.15, -0.1) is 11.8 Å². The van der Waals surface area contributed by atoms with Gasteiger partial charge in [0.25, 0.3) is 0 Å². The van der Waals surface area contributed by atoms with Crippen molar-refractivity contribution in [1.29, 1.82) is 0 Å². The maximum Gasteiger partial charge on any atom is 0.137 e. The molecule has 0 unspecified atom stereocenters. The summed E-state index contributed by atoms with van der Waals surface area (Å²) in [6, 6.07) is 0. The summed E-state index contributed by atoms with van der Waals surface area (Å²) in [4.78, 5) is 9.51. The standard InChI is InChI=1S/C16H29N3OS/c1-7-9-17-13-12(2)14(21-11-8-10-20-6)19-15(18-13)16(3,4)5/h7-11H2,1-6H3,(H,17,18,19). The third kappa shape index (κ3) is 5.83. The fourth-order valence-corrected chi connectivity index (χ4v) is 2.68. The normalized spacial score (nSPS) is 11.7. The lowest BCUT2D eigenvalue weighted by atomic mass is 9.95. The Kier molecular flexibility index (Phi) is 7.46. The molecule has 1 aromatic heterocycles. The molecule has 21 heavy (non-hydrogen) atoms. The van der Waals surface area contributed by atoms with Crippen molar-refractivity contribution in [3.63, 3.8) is 0 Å². The highest BCUT2D eigenvalue weighted by Crippen LogP contribution is 2.29. The number of aromatic nitrogens is 2. The van der Waals surface area contributed by atoms with Gasteiger partial charge in [0.05, 0.1) is 0 Å². The van der Waals surface area contributed by atoms with Crippen molar-refractivity contribution < 1.29 is 4.74 Å². The summed E-state index contributed by atoms with van der Waals surface area (Å²) < 4.78 is 5.11. The molecule has 0 bridgehead atoms. The number of nitrogens with one attached hydrogen (secondary N) is 1. The zero-order valence-electron chi connectivity index (χ0n) is 14.2. The van der Waals surface area contributed by atoms with E-state index in [1.54, 1.807) is 18.9 Å². The van der Waals surface area contributed by atoms with E-state index in [9.17, 15) is 0 Å². The molecule has 0 saturated heterocycles. The van der Waals surface area contributed by atoms with Crippen LogP contribution in [0.3, 0.4) is 0 Å². The maximum atomic E-state index is 5.11. The number of ether oxygens (including phenoxy) is 1. The molecule has 0 aliphatic heterocycles. The van der Waals surface area contributed by atoms with Crippen LogP contribution in [-0.4, -0.2) is 36.0 Å². The van der Waals surface area contributed by atoms with E-state index < -0.39 is 0 Å². The van der Waals surface area contributed by atoms with Gasteiger partial charge in [-0.3, -0.25) is 0 Å². The van der Waals surface area contributed by atoms with E-state index in [1.807, 2.05) is 0 Å². The second-order valence-corrected chi connectivity index (χ2v) is 7.28. The van der Waals surface area contributed by atoms with Crippen LogP contribution in [0.25, 0.3) is 0 Å². The second kappa shape index (κ2) is 8.59. The quantitative estimate of drug-likeness (QED) is 0.446. The first-order chi connectivity index (χ1) is 9.90. The van der Waals surface area contributed by atoms with Crippen molar-refractivity contribution in [1.82, 2.24) is 9.97 Å². The first-order valence-corrected chi connectivity index (χ1v) is 8.63. The Morgan fingerprint density at radius 1 is 1.24 bits per heavy atom. The Balaban J connectivity index is 2.97. The van der Waals surface area contributed by atoms with Crippen LogP contribution < -0.4 is 5.32 Å². The van der Waals surface area contributed by atoms with E-state index in [2.05, 4.69) is 39.9 Å². The zero-order chi connectivity index (χ0) is 15.9. The van der Waals surface area contributed by atoms with Crippen molar-refractivity contribution >= 4 is 17.6 Å². The van der Waals surface area contributed by atoms with Crippen molar-refractivity contribution in [2.45, 2.75) is 57.9 Å². The van der Waals surface area contributed by atoms with Gasteiger partial charge in [0, 0.05) is 37.0 Å². The molecule has 0 radical (unpaired) electrons. The minimum absolute atomic E-state index is 0.0435. The van der Waals surface area contributed by atoms with Gasteiger partial charge in [-0.1, -0.05) is 27.7 Å². The van der Waals surface area contributed by atoms with Gasteiger partial charge in [0.2, 0.25) is 0 Å². The third-order valence-electron chi connectivity index (χ3n) is 3.05. The summed E-state index contributed by atoms with van der Waals surface area (Å²) in [5.41, 5.74) is 1.11. The van der Waals surface area contributed by atoms with Crippen molar-refractivity contribution in [3.8, 4) is 0 Å². The van der Waals surface area contributed by atoms with Gasteiger partial charge < -0.3 is 10.1 Å². The van der Waals surface area contributed by atoms with Gasteiger partial charge >= 0.3 is 0 Å². The molecule has 0 atom stereocenters. The van der Waals surface area contributed by atoms with E-state index in [-0.39, 0.29) is 5.41 Å². The van der Waals surface area contributed by atoms with Crippen LogP contribution in [0, 0.1) is 6.92 Å². The minimum Gasteiger partial charge on any atom is -0.385 e. The molecule has 120 valence electrons. The first-order valence-electron chi connectivity index (χ1n) is 7.64. The molecular weight excluding hydrogens is 282 g/mol. The van der Waals surface area contributed by atoms with Crippen LogP contribution in [0.2, 0.25) is 0 Å². The summed E-state index contributed by atoms with van der Waals surface area (Å²) in [6.07, 6.45) is 2.12. The molecule has 1 N–H and O–H groups in total. The number of hydrogen-bond acceptors (Lipinski definition) is 5. The lowest BCUT2D eigenvalue weighted by Gasteiger charge is -2.20. The van der Waals surface area contributed by atoms with Crippen LogP contribution in [0.5, 0.6) is 0 Å². The summed E-state index contributed by atoms with van der Waals surface area (Å²) in [5, 5.41) is 4.52. The highest BCUT2D eigenvalue weighted by Gasteiger charge is 2.21. The molecule has 0 fully saturated rings. The van der Waals surface area contributed by atoms with Gasteiger partial charge in [-0.05, 0) is 19.8 Å². The molecule has 0 spiro atoms. The van der Waals surface area contributed by atoms with Crippen molar-refractivity contribution in [2.75, 3.05) is 31.3 Å². The number of rotatable bonds is 8. The number of anilines is 1. The Bertz CT molecular complexity index is 444. The van der Waals surface area contributed by atoms with Crippen LogP contribution in [0.1, 0.15) is 51.9 Å². The van der Waals surface area contributed by atoms with Crippen LogP contribution in [0.15, 0.2) is 5.03 Å². The average Bonchev–Trinajstić information content (AvgIpc) is 2.42. The Morgan fingerprint density at radius 3 is 2.52 bits per heavy atom. The summed E-state index contributed by atoms with van der Waals surface area (Å²) in [7, 11) is 1.74. The molecule has 0 aliphatic rings. The summed E-state index contributed by atoms with van der Waals surface area (Å²) in [5.74, 6) is 2.90. The topological polar surface area (TPSA) is 47.0 Å². The Morgan fingerprint density at radius 2 is 1.95 bits per heavy atom. The van der Waals surface area contributed by atoms with E-state index in [1.165, 1.54) is 0 Å². The summed E-state index contributed by atoms with van der Waals surface area (Å²) in [6.45, 7) is 12.5. The first kappa shape index (κ1) is 18.2. The fourth-order valence-electron chi connectivity index (χ4n) is 1.76. The van der Waals surface area contributed by atoms with Gasteiger partial charge in [-0.2, -0.15) is 0 Å². The largest absolute Gasteiger partial charge is 0.385 e. The lowest BCUT2D eigenvalue weighted by Crippen LogP contribution is -2.19. The van der Waals surface area contributed by atoms with Gasteiger partial charge in [0.1, 0.15) is 16.7 Å². The number of methoxy groups -OCH3 is 1. The van der Waals surface area contributed by atoms with Crippen molar-refractivity contribution in [2.24, 2.45) is 0 Å². The number of nitrogens with zero attached hydrogens (tertiary/aromatic N) is 2. The third-order valence-corrected chi connectivity index (χ3v) is 4.21. The number of thioether (sulfide) groups is 1. The SMILES string of the molecule is CCCNc1nc(C(C)(C)C)nc(SCCCOC)c1C. The van der Waals surface area contributed by atoms with E-state index in [0.717, 1.165) is 54.0 Å². The van der Waals surface area contributed by atoms with Gasteiger partial charge in [0.15, 0.2) is 0 Å². The Labute approximate surface area is 133 Å². The monoisotopic (exact) mass is 311 g/mol. The lowest BCUT2D eigenvalue weighted by molar-refractivity contribution is 0.200. The van der Waals surface area contributed by atoms with Crippen molar-refractivity contribution in [3.05, 3.63) is 11.4 Å². The molecule has 0 aromatic carbocycles. The van der Waals surface area contributed by atoms with Crippen LogP contribution in [-0.2, 0) is 10.2 Å². The molecule has 0 amide bonds. The molecule has 1 heterocycles. The highest BCUT2D eigenvalue weighted by molar-refractivity contribution is 7.99. The zero-order valence-corrected chi connectivity index (χ0v) is 15.1. The molecule has 0 aliphatic carbocycles. The fraction of sp³-hybridized carbons (Fsp3) is 0.750. The predicted molar refractivity (Wildman–Crippen MR) is 91.5 cm³/mol. The average molecular weight is 311 g/mol. The Hall–Kier alpha value is -0.810. The molecular formula is C16H29N3OS. The summed E-state index contributed by atoms with van der Waals surface area (Å²) >= 11 is 1.79. The smallest absolute Gasteiger partial charge is 0.137 e. The second-order valence-electron chi connectivity index (χ2n) is 6.20. The molecule has 0 saturated carbocycles. The predicted octanol–water partition coefficient (Wildman–Crippen LogP) is 4.03. The van der Waals surface area contributed by atoms with E-state index in [4.69, 9.17) is 14.7 Å². The van der Waals surface area contributed by atoms with E-state index in [0.29, 0.717) is 0 Å². The van der Waals surface area contributed by atoms with Crippen LogP contribution in [0.4, 0.5) is 5.82 Å². The van der Waals surface area contributed by atoms with Gasteiger partial charge in [-0.25, -0.2) is 9.97 Å². The highest BCUT2D eigenvalue weighted by atomic mass is 32.2.